The average molecular weight is 442 g/mol. The first-order valence-electron chi connectivity index (χ1n) is 7.63. The van der Waals surface area contributed by atoms with Gasteiger partial charge in [-0.3, -0.25) is 4.79 Å². The van der Waals surface area contributed by atoms with Crippen molar-refractivity contribution in [2.75, 3.05) is 11.2 Å². The number of carbonyl (C=O) groups excluding carboxylic acids is 1. The third-order valence-corrected chi connectivity index (χ3v) is 4.38. The summed E-state index contributed by atoms with van der Waals surface area (Å²) in [5.74, 6) is -0.673. The van der Waals surface area contributed by atoms with E-state index in [2.05, 4.69) is 26.6 Å². The largest absolute Gasteiger partial charge is 0.454 e. The summed E-state index contributed by atoms with van der Waals surface area (Å²) in [5.41, 5.74) is 1.73. The third kappa shape index (κ3) is 6.30. The van der Waals surface area contributed by atoms with E-state index >= 15 is 0 Å². The van der Waals surface area contributed by atoms with Crippen LogP contribution in [0.5, 0.6) is 0 Å². The molecule has 132 valence electrons. The van der Waals surface area contributed by atoms with Crippen molar-refractivity contribution < 1.29 is 9.53 Å². The van der Waals surface area contributed by atoms with E-state index in [0.717, 1.165) is 15.7 Å². The van der Waals surface area contributed by atoms with Crippen molar-refractivity contribution in [2.45, 2.75) is 19.1 Å². The minimum atomic E-state index is -0.503. The molecule has 0 saturated carbocycles. The first kappa shape index (κ1) is 19.7. The van der Waals surface area contributed by atoms with Crippen molar-refractivity contribution in [1.82, 2.24) is 5.32 Å². The molecule has 0 radical (unpaired) electrons. The van der Waals surface area contributed by atoms with Crippen LogP contribution in [0.1, 0.15) is 18.6 Å². The molecule has 2 atom stereocenters. The van der Waals surface area contributed by atoms with Crippen molar-refractivity contribution in [3.63, 3.8) is 0 Å². The van der Waals surface area contributed by atoms with E-state index in [9.17, 15) is 4.79 Å². The number of carbonyl (C=O) groups is 1. The van der Waals surface area contributed by atoms with Crippen molar-refractivity contribution in [3.05, 3.63) is 64.6 Å². The van der Waals surface area contributed by atoms with Crippen LogP contribution in [0.3, 0.4) is 0 Å². The molecule has 2 unspecified atom stereocenters. The van der Waals surface area contributed by atoms with Gasteiger partial charge in [0.25, 0.3) is 0 Å². The average Bonchev–Trinajstić information content (AvgIpc) is 2.62. The summed E-state index contributed by atoms with van der Waals surface area (Å²) in [4.78, 5) is 11.7. The number of hydrogen-bond acceptors (Lipinski definition) is 3. The summed E-state index contributed by atoms with van der Waals surface area (Å²) in [7, 11) is 0. The van der Waals surface area contributed by atoms with Crippen LogP contribution in [-0.2, 0) is 9.53 Å². The predicted molar refractivity (Wildman–Crippen MR) is 109 cm³/mol. The zero-order chi connectivity index (χ0) is 18.2. The SMILES string of the molecule is CC(NC(=S)Nc1ccc(Br)cc1)C(OC(=O)CCl)c1ccccc1. The van der Waals surface area contributed by atoms with Crippen LogP contribution in [0.4, 0.5) is 5.69 Å². The highest BCUT2D eigenvalue weighted by atomic mass is 79.9. The van der Waals surface area contributed by atoms with Gasteiger partial charge in [0.1, 0.15) is 12.0 Å². The van der Waals surface area contributed by atoms with E-state index in [-0.39, 0.29) is 11.9 Å². The molecule has 0 aromatic heterocycles. The molecule has 0 spiro atoms. The van der Waals surface area contributed by atoms with Crippen LogP contribution >= 0.6 is 39.7 Å². The number of rotatable bonds is 6. The molecule has 0 aliphatic carbocycles. The highest BCUT2D eigenvalue weighted by Gasteiger charge is 2.24. The van der Waals surface area contributed by atoms with Gasteiger partial charge in [0, 0.05) is 10.2 Å². The molecule has 0 amide bonds. The van der Waals surface area contributed by atoms with Crippen molar-refractivity contribution in [2.24, 2.45) is 0 Å². The molecular weight excluding hydrogens is 424 g/mol. The van der Waals surface area contributed by atoms with Gasteiger partial charge in [-0.25, -0.2) is 0 Å². The summed E-state index contributed by atoms with van der Waals surface area (Å²) in [5, 5.41) is 6.71. The summed E-state index contributed by atoms with van der Waals surface area (Å²) < 4.78 is 6.48. The van der Waals surface area contributed by atoms with E-state index in [1.807, 2.05) is 61.5 Å². The van der Waals surface area contributed by atoms with Crippen molar-refractivity contribution in [3.8, 4) is 0 Å². The molecule has 2 rings (SSSR count). The highest BCUT2D eigenvalue weighted by Crippen LogP contribution is 2.22. The molecule has 2 N–H and O–H groups in total. The number of benzene rings is 2. The Hall–Kier alpha value is -1.63. The fraction of sp³-hybridized carbons (Fsp3) is 0.222. The second kappa shape index (κ2) is 9.75. The normalized spacial score (nSPS) is 12.8. The Morgan fingerprint density at radius 1 is 1.20 bits per heavy atom. The number of halogens is 2. The maximum atomic E-state index is 11.7. The molecule has 0 heterocycles. The molecular formula is C18H18BrClN2O2S. The zero-order valence-electron chi connectivity index (χ0n) is 13.5. The topological polar surface area (TPSA) is 50.4 Å². The number of anilines is 1. The zero-order valence-corrected chi connectivity index (χ0v) is 16.7. The summed E-state index contributed by atoms with van der Waals surface area (Å²) in [6.45, 7) is 1.90. The lowest BCUT2D eigenvalue weighted by atomic mass is 10.0. The molecule has 2 aromatic carbocycles. The number of hydrogen-bond donors (Lipinski definition) is 2. The van der Waals surface area contributed by atoms with Crippen LogP contribution in [-0.4, -0.2) is 23.0 Å². The van der Waals surface area contributed by atoms with Gasteiger partial charge in [0.2, 0.25) is 0 Å². The van der Waals surface area contributed by atoms with E-state index in [1.54, 1.807) is 0 Å². The van der Waals surface area contributed by atoms with E-state index < -0.39 is 12.1 Å². The minimum Gasteiger partial charge on any atom is -0.454 e. The first-order chi connectivity index (χ1) is 12.0. The molecule has 2 aromatic rings. The van der Waals surface area contributed by atoms with Gasteiger partial charge in [0.15, 0.2) is 5.11 Å². The quantitative estimate of drug-likeness (QED) is 0.388. The Morgan fingerprint density at radius 3 is 2.44 bits per heavy atom. The smallest absolute Gasteiger partial charge is 0.321 e. The Labute approximate surface area is 166 Å². The number of alkyl halides is 1. The second-order valence-electron chi connectivity index (χ2n) is 5.35. The molecule has 25 heavy (non-hydrogen) atoms. The Bertz CT molecular complexity index is 713. The van der Waals surface area contributed by atoms with Gasteiger partial charge in [-0.05, 0) is 49.0 Å². The lowest BCUT2D eigenvalue weighted by Gasteiger charge is -2.26. The molecule has 0 fully saturated rings. The van der Waals surface area contributed by atoms with E-state index in [0.29, 0.717) is 5.11 Å². The van der Waals surface area contributed by atoms with Gasteiger partial charge in [-0.15, -0.1) is 11.6 Å². The van der Waals surface area contributed by atoms with Gasteiger partial charge in [0.05, 0.1) is 6.04 Å². The molecule has 7 heteroatoms. The van der Waals surface area contributed by atoms with Gasteiger partial charge >= 0.3 is 5.97 Å². The Kier molecular flexibility index (Phi) is 7.68. The molecule has 0 aliphatic heterocycles. The number of thiocarbonyl (C=S) groups is 1. The van der Waals surface area contributed by atoms with Crippen LogP contribution in [0, 0.1) is 0 Å². The van der Waals surface area contributed by atoms with Gasteiger partial charge in [-0.2, -0.15) is 0 Å². The second-order valence-corrected chi connectivity index (χ2v) is 6.94. The monoisotopic (exact) mass is 440 g/mol. The fourth-order valence-corrected chi connectivity index (χ4v) is 2.89. The number of esters is 1. The lowest BCUT2D eigenvalue weighted by Crippen LogP contribution is -2.41. The molecule has 0 aliphatic rings. The number of nitrogens with one attached hydrogen (secondary N) is 2. The molecule has 0 bridgehead atoms. The first-order valence-corrected chi connectivity index (χ1v) is 9.36. The van der Waals surface area contributed by atoms with Gasteiger partial charge in [-0.1, -0.05) is 46.3 Å². The van der Waals surface area contributed by atoms with Crippen molar-refractivity contribution in [1.29, 1.82) is 0 Å². The Balaban J connectivity index is 2.05. The molecule has 0 saturated heterocycles. The van der Waals surface area contributed by atoms with Crippen LogP contribution in [0.25, 0.3) is 0 Å². The van der Waals surface area contributed by atoms with Crippen LogP contribution < -0.4 is 10.6 Å². The highest BCUT2D eigenvalue weighted by molar-refractivity contribution is 9.10. The summed E-state index contributed by atoms with van der Waals surface area (Å²) in [6, 6.07) is 16.9. The third-order valence-electron chi connectivity index (χ3n) is 3.41. The van der Waals surface area contributed by atoms with E-state index in [4.69, 9.17) is 28.6 Å². The maximum Gasteiger partial charge on any atom is 0.321 e. The van der Waals surface area contributed by atoms with Crippen LogP contribution in [0.2, 0.25) is 0 Å². The lowest BCUT2D eigenvalue weighted by molar-refractivity contribution is -0.147. The molecule has 4 nitrogen and oxygen atoms in total. The standard InChI is InChI=1S/C18H18BrClN2O2S/c1-12(21-18(25)22-15-9-7-14(19)8-10-15)17(24-16(23)11-20)13-5-3-2-4-6-13/h2-10,12,17H,11H2,1H3,(H2,21,22,25). The van der Waals surface area contributed by atoms with Crippen molar-refractivity contribution >= 4 is 56.5 Å². The predicted octanol–water partition coefficient (Wildman–Crippen LogP) is 4.65. The van der Waals surface area contributed by atoms with Gasteiger partial charge < -0.3 is 15.4 Å². The number of ether oxygens (including phenoxy) is 1. The summed E-state index contributed by atoms with van der Waals surface area (Å²) >= 11 is 14.3. The van der Waals surface area contributed by atoms with Crippen LogP contribution in [0.15, 0.2) is 59.1 Å². The maximum absolute atomic E-state index is 11.7. The Morgan fingerprint density at radius 2 is 1.84 bits per heavy atom. The fourth-order valence-electron chi connectivity index (χ4n) is 2.26. The minimum absolute atomic E-state index is 0.197. The summed E-state index contributed by atoms with van der Waals surface area (Å²) in [6.07, 6.45) is -0.503. The van der Waals surface area contributed by atoms with E-state index in [1.165, 1.54) is 0 Å².